The highest BCUT2D eigenvalue weighted by Crippen LogP contribution is 1.94. The topological polar surface area (TPSA) is 66.6 Å². The molecular weight excluding hydrogens is 182 g/mol. The van der Waals surface area contributed by atoms with Crippen LogP contribution in [0.3, 0.4) is 0 Å². The lowest BCUT2D eigenvalue weighted by Gasteiger charge is -2.21. The lowest BCUT2D eigenvalue weighted by atomic mass is 10.2. The summed E-state index contributed by atoms with van der Waals surface area (Å²) < 4.78 is 0. The largest absolute Gasteiger partial charge is 0.347 e. The van der Waals surface area contributed by atoms with Crippen LogP contribution in [0.1, 0.15) is 13.3 Å². The molecule has 2 amide bonds. The van der Waals surface area contributed by atoms with Gasteiger partial charge in [-0.2, -0.15) is 0 Å². The fourth-order valence-electron chi connectivity index (χ4n) is 0.880. The highest BCUT2D eigenvalue weighted by molar-refractivity contribution is 5.86. The highest BCUT2D eigenvalue weighted by Gasteiger charge is 2.18. The second-order valence-electron chi connectivity index (χ2n) is 3.50. The van der Waals surface area contributed by atoms with Gasteiger partial charge in [-0.15, -0.1) is 0 Å². The second-order valence-corrected chi connectivity index (χ2v) is 3.50. The van der Waals surface area contributed by atoms with Crippen LogP contribution in [0, 0.1) is 0 Å². The van der Waals surface area contributed by atoms with Crippen molar-refractivity contribution in [3.05, 3.63) is 0 Å². The number of hydrogen-bond donors (Lipinski definition) is 1. The first-order valence-corrected chi connectivity index (χ1v) is 4.60. The van der Waals surface area contributed by atoms with Gasteiger partial charge in [0.2, 0.25) is 11.8 Å². The van der Waals surface area contributed by atoms with Gasteiger partial charge in [-0.05, 0) is 6.42 Å². The molecule has 1 atom stereocenters. The Morgan fingerprint density at radius 3 is 2.14 bits per heavy atom. The molecular formula is C9H19N3O2. The van der Waals surface area contributed by atoms with E-state index in [0.29, 0.717) is 6.42 Å². The minimum Gasteiger partial charge on any atom is -0.347 e. The van der Waals surface area contributed by atoms with E-state index in [1.54, 1.807) is 21.1 Å². The molecule has 0 unspecified atom stereocenters. The van der Waals surface area contributed by atoms with E-state index in [9.17, 15) is 9.59 Å². The van der Waals surface area contributed by atoms with Gasteiger partial charge >= 0.3 is 0 Å². The quantitative estimate of drug-likeness (QED) is 0.652. The zero-order valence-electron chi connectivity index (χ0n) is 9.28. The third-order valence-electron chi connectivity index (χ3n) is 2.00. The summed E-state index contributed by atoms with van der Waals surface area (Å²) in [4.78, 5) is 25.5. The maximum Gasteiger partial charge on any atom is 0.241 e. The number of amides is 2. The molecule has 0 fully saturated rings. The molecule has 82 valence electrons. The van der Waals surface area contributed by atoms with Gasteiger partial charge in [-0.3, -0.25) is 9.59 Å². The first-order chi connectivity index (χ1) is 6.40. The van der Waals surface area contributed by atoms with Crippen LogP contribution in [-0.2, 0) is 9.59 Å². The summed E-state index contributed by atoms with van der Waals surface area (Å²) in [5.41, 5.74) is 5.55. The van der Waals surface area contributed by atoms with E-state index >= 15 is 0 Å². The summed E-state index contributed by atoms with van der Waals surface area (Å²) in [5, 5.41) is 0. The van der Waals surface area contributed by atoms with Crippen molar-refractivity contribution >= 4 is 11.8 Å². The first-order valence-electron chi connectivity index (χ1n) is 4.60. The summed E-state index contributed by atoms with van der Waals surface area (Å²) >= 11 is 0. The molecule has 14 heavy (non-hydrogen) atoms. The molecule has 5 heteroatoms. The molecule has 0 aliphatic heterocycles. The Labute approximate surface area is 84.8 Å². The predicted octanol–water partition coefficient (Wildman–Crippen LogP) is -0.730. The summed E-state index contributed by atoms with van der Waals surface area (Å²) in [6.07, 6.45) is 0.583. The number of likely N-dealkylation sites (N-methyl/N-ethyl adjacent to an activating group) is 2. The standard InChI is InChI=1S/C9H19N3O2/c1-5-7(10)9(14)12(4)6-8(13)11(2)3/h7H,5-6,10H2,1-4H3/t7-/m0/s1. The van der Waals surface area contributed by atoms with Gasteiger partial charge < -0.3 is 15.5 Å². The van der Waals surface area contributed by atoms with Crippen LogP contribution in [-0.4, -0.2) is 55.3 Å². The van der Waals surface area contributed by atoms with Crippen molar-refractivity contribution in [1.82, 2.24) is 9.80 Å². The number of hydrogen-bond acceptors (Lipinski definition) is 3. The third-order valence-corrected chi connectivity index (χ3v) is 2.00. The molecule has 0 radical (unpaired) electrons. The SMILES string of the molecule is CC[C@H](N)C(=O)N(C)CC(=O)N(C)C. The van der Waals surface area contributed by atoms with Gasteiger partial charge in [-0.1, -0.05) is 6.92 Å². The van der Waals surface area contributed by atoms with E-state index in [4.69, 9.17) is 5.73 Å². The Balaban J connectivity index is 4.14. The van der Waals surface area contributed by atoms with Crippen LogP contribution in [0.5, 0.6) is 0 Å². The third kappa shape index (κ3) is 3.74. The number of nitrogens with two attached hydrogens (primary N) is 1. The van der Waals surface area contributed by atoms with E-state index in [-0.39, 0.29) is 18.4 Å². The first kappa shape index (κ1) is 12.9. The normalized spacial score (nSPS) is 12.1. The molecule has 0 heterocycles. The summed E-state index contributed by atoms with van der Waals surface area (Å²) in [6.45, 7) is 1.92. The monoisotopic (exact) mass is 201 g/mol. The zero-order valence-corrected chi connectivity index (χ0v) is 9.28. The highest BCUT2D eigenvalue weighted by atomic mass is 16.2. The predicted molar refractivity (Wildman–Crippen MR) is 54.6 cm³/mol. The van der Waals surface area contributed by atoms with Crippen LogP contribution >= 0.6 is 0 Å². The minimum atomic E-state index is -0.505. The molecule has 2 N–H and O–H groups in total. The molecule has 0 aromatic rings. The molecule has 0 aliphatic carbocycles. The van der Waals surface area contributed by atoms with Gasteiger partial charge in [0.1, 0.15) is 0 Å². The van der Waals surface area contributed by atoms with Gasteiger partial charge in [0, 0.05) is 21.1 Å². The Bertz CT molecular complexity index is 216. The van der Waals surface area contributed by atoms with E-state index in [1.165, 1.54) is 9.80 Å². The molecule has 0 saturated heterocycles. The summed E-state index contributed by atoms with van der Waals surface area (Å²) in [5.74, 6) is -0.299. The number of carbonyl (C=O) groups is 2. The summed E-state index contributed by atoms with van der Waals surface area (Å²) in [7, 11) is 4.89. The minimum absolute atomic E-state index is 0.0829. The van der Waals surface area contributed by atoms with Crippen molar-refractivity contribution in [2.24, 2.45) is 5.73 Å². The fourth-order valence-corrected chi connectivity index (χ4v) is 0.880. The van der Waals surface area contributed by atoms with Crippen LogP contribution in [0.4, 0.5) is 0 Å². The maximum atomic E-state index is 11.5. The van der Waals surface area contributed by atoms with Crippen molar-refractivity contribution in [3.63, 3.8) is 0 Å². The molecule has 0 spiro atoms. The number of carbonyl (C=O) groups excluding carboxylic acids is 2. The van der Waals surface area contributed by atoms with Crippen LogP contribution in [0.25, 0.3) is 0 Å². The number of rotatable bonds is 4. The van der Waals surface area contributed by atoms with E-state index in [2.05, 4.69) is 0 Å². The molecule has 0 aromatic heterocycles. The molecule has 5 nitrogen and oxygen atoms in total. The lowest BCUT2D eigenvalue weighted by molar-refractivity contribution is -0.138. The Morgan fingerprint density at radius 1 is 1.29 bits per heavy atom. The van der Waals surface area contributed by atoms with Crippen molar-refractivity contribution in [2.45, 2.75) is 19.4 Å². The van der Waals surface area contributed by atoms with Gasteiger partial charge in [-0.25, -0.2) is 0 Å². The van der Waals surface area contributed by atoms with Crippen molar-refractivity contribution in [1.29, 1.82) is 0 Å². The average Bonchev–Trinajstić information content (AvgIpc) is 2.14. The second kappa shape index (κ2) is 5.59. The van der Waals surface area contributed by atoms with Crippen molar-refractivity contribution in [2.75, 3.05) is 27.7 Å². The average molecular weight is 201 g/mol. The van der Waals surface area contributed by atoms with E-state index in [0.717, 1.165) is 0 Å². The number of nitrogens with zero attached hydrogens (tertiary/aromatic N) is 2. The van der Waals surface area contributed by atoms with Crippen molar-refractivity contribution in [3.8, 4) is 0 Å². The zero-order chi connectivity index (χ0) is 11.3. The molecule has 0 aliphatic rings. The van der Waals surface area contributed by atoms with E-state index in [1.807, 2.05) is 6.92 Å². The van der Waals surface area contributed by atoms with E-state index < -0.39 is 6.04 Å². The van der Waals surface area contributed by atoms with Crippen molar-refractivity contribution < 1.29 is 9.59 Å². The van der Waals surface area contributed by atoms with Gasteiger partial charge in [0.25, 0.3) is 0 Å². The molecule has 0 saturated carbocycles. The fraction of sp³-hybridized carbons (Fsp3) is 0.778. The molecule has 0 rings (SSSR count). The molecule has 0 bridgehead atoms. The maximum absolute atomic E-state index is 11.5. The van der Waals surface area contributed by atoms with Crippen LogP contribution < -0.4 is 5.73 Å². The summed E-state index contributed by atoms with van der Waals surface area (Å²) in [6, 6.07) is -0.505. The smallest absolute Gasteiger partial charge is 0.241 e. The van der Waals surface area contributed by atoms with Gasteiger partial charge in [0.15, 0.2) is 0 Å². The Morgan fingerprint density at radius 2 is 1.79 bits per heavy atom. The Kier molecular flexibility index (Phi) is 5.15. The van der Waals surface area contributed by atoms with Crippen LogP contribution in [0.2, 0.25) is 0 Å². The lowest BCUT2D eigenvalue weighted by Crippen LogP contribution is -2.45. The van der Waals surface area contributed by atoms with Crippen LogP contribution in [0.15, 0.2) is 0 Å². The molecule has 0 aromatic carbocycles. The Hall–Kier alpha value is -1.10. The van der Waals surface area contributed by atoms with Gasteiger partial charge in [0.05, 0.1) is 12.6 Å².